The summed E-state index contributed by atoms with van der Waals surface area (Å²) in [6.45, 7) is 6.93. The Morgan fingerprint density at radius 1 is 1.00 bits per heavy atom. The van der Waals surface area contributed by atoms with E-state index >= 15 is 0 Å². The molecule has 0 fully saturated rings. The third-order valence-electron chi connectivity index (χ3n) is 4.99. The van der Waals surface area contributed by atoms with Gasteiger partial charge in [0.25, 0.3) is 0 Å². The molecular formula is C26H27F2NO3. The van der Waals surface area contributed by atoms with Crippen molar-refractivity contribution in [1.29, 1.82) is 0 Å². The summed E-state index contributed by atoms with van der Waals surface area (Å²) in [6, 6.07) is 14.9. The van der Waals surface area contributed by atoms with Gasteiger partial charge in [0.05, 0.1) is 11.8 Å². The third kappa shape index (κ3) is 5.44. The molecule has 168 valence electrons. The van der Waals surface area contributed by atoms with Gasteiger partial charge in [-0.25, -0.2) is 13.6 Å². The summed E-state index contributed by atoms with van der Waals surface area (Å²) in [4.78, 5) is 13.5. The number of halogens is 2. The van der Waals surface area contributed by atoms with E-state index in [1.54, 1.807) is 38.8 Å². The van der Waals surface area contributed by atoms with Gasteiger partial charge in [-0.3, -0.25) is 0 Å². The molecule has 6 heteroatoms. The summed E-state index contributed by atoms with van der Waals surface area (Å²) in [5.41, 5.74) is 4.14. The number of aryl methyl sites for hydroxylation is 1. The molecule has 0 radical (unpaired) electrons. The highest BCUT2D eigenvalue weighted by Crippen LogP contribution is 2.36. The zero-order valence-corrected chi connectivity index (χ0v) is 18.9. The second-order valence-electron chi connectivity index (χ2n) is 7.97. The molecule has 0 aliphatic rings. The molecular weight excluding hydrogens is 412 g/mol. The van der Waals surface area contributed by atoms with Crippen molar-refractivity contribution in [2.75, 3.05) is 18.6 Å². The summed E-state index contributed by atoms with van der Waals surface area (Å²) in [5, 5.41) is 0. The molecule has 3 rings (SSSR count). The van der Waals surface area contributed by atoms with Crippen molar-refractivity contribution in [2.24, 2.45) is 0 Å². The van der Waals surface area contributed by atoms with E-state index in [2.05, 4.69) is 0 Å². The SMILES string of the molecule is Cc1cc(-c2cccc(F)c2)cc(N(C)c2c(F)ccc(OCC(=O)OC(C)C)c2C)c1. The van der Waals surface area contributed by atoms with Gasteiger partial charge in [0.15, 0.2) is 6.61 Å². The van der Waals surface area contributed by atoms with Gasteiger partial charge < -0.3 is 14.4 Å². The largest absolute Gasteiger partial charge is 0.482 e. The van der Waals surface area contributed by atoms with Crippen LogP contribution in [-0.2, 0) is 9.53 Å². The number of hydrogen-bond donors (Lipinski definition) is 0. The number of carbonyl (C=O) groups is 1. The van der Waals surface area contributed by atoms with Crippen LogP contribution in [0, 0.1) is 25.5 Å². The lowest BCUT2D eigenvalue weighted by molar-refractivity contribution is -0.149. The van der Waals surface area contributed by atoms with Gasteiger partial charge in [0.2, 0.25) is 0 Å². The minimum absolute atomic E-state index is 0.240. The van der Waals surface area contributed by atoms with Crippen molar-refractivity contribution < 1.29 is 23.0 Å². The number of hydrogen-bond acceptors (Lipinski definition) is 4. The van der Waals surface area contributed by atoms with E-state index < -0.39 is 11.8 Å². The molecule has 0 amide bonds. The first-order valence-electron chi connectivity index (χ1n) is 10.4. The highest BCUT2D eigenvalue weighted by atomic mass is 19.1. The van der Waals surface area contributed by atoms with Gasteiger partial charge in [-0.2, -0.15) is 0 Å². The number of nitrogens with zero attached hydrogens (tertiary/aromatic N) is 1. The number of carbonyl (C=O) groups excluding carboxylic acids is 1. The molecule has 0 bridgehead atoms. The van der Waals surface area contributed by atoms with E-state index in [0.717, 1.165) is 22.4 Å². The van der Waals surface area contributed by atoms with E-state index in [0.29, 0.717) is 17.0 Å². The summed E-state index contributed by atoms with van der Waals surface area (Å²) >= 11 is 0. The number of esters is 1. The van der Waals surface area contributed by atoms with E-state index in [9.17, 15) is 13.6 Å². The molecule has 0 aliphatic carbocycles. The Kier molecular flexibility index (Phi) is 7.13. The van der Waals surface area contributed by atoms with Gasteiger partial charge in [-0.1, -0.05) is 18.2 Å². The fraction of sp³-hybridized carbons (Fsp3) is 0.269. The van der Waals surface area contributed by atoms with Crippen LogP contribution in [0.15, 0.2) is 54.6 Å². The monoisotopic (exact) mass is 439 g/mol. The second kappa shape index (κ2) is 9.81. The average Bonchev–Trinajstić information content (AvgIpc) is 2.72. The van der Waals surface area contributed by atoms with Crippen LogP contribution in [0.5, 0.6) is 5.75 Å². The minimum Gasteiger partial charge on any atom is -0.482 e. The smallest absolute Gasteiger partial charge is 0.344 e. The lowest BCUT2D eigenvalue weighted by Crippen LogP contribution is -2.19. The topological polar surface area (TPSA) is 38.8 Å². The van der Waals surface area contributed by atoms with Crippen molar-refractivity contribution in [3.05, 3.63) is 77.4 Å². The third-order valence-corrected chi connectivity index (χ3v) is 4.99. The van der Waals surface area contributed by atoms with Crippen LogP contribution >= 0.6 is 0 Å². The fourth-order valence-electron chi connectivity index (χ4n) is 3.57. The normalized spacial score (nSPS) is 10.9. The van der Waals surface area contributed by atoms with Crippen LogP contribution in [-0.4, -0.2) is 25.7 Å². The van der Waals surface area contributed by atoms with Crippen molar-refractivity contribution in [1.82, 2.24) is 0 Å². The first kappa shape index (κ1) is 23.3. The quantitative estimate of drug-likeness (QED) is 0.402. The zero-order valence-electron chi connectivity index (χ0n) is 18.9. The van der Waals surface area contributed by atoms with Gasteiger partial charge in [-0.05, 0) is 80.8 Å². The van der Waals surface area contributed by atoms with Crippen LogP contribution in [0.1, 0.15) is 25.0 Å². The minimum atomic E-state index is -0.489. The lowest BCUT2D eigenvalue weighted by atomic mass is 10.0. The van der Waals surface area contributed by atoms with E-state index in [1.165, 1.54) is 24.3 Å². The van der Waals surface area contributed by atoms with Crippen molar-refractivity contribution in [3.63, 3.8) is 0 Å². The molecule has 0 aromatic heterocycles. The van der Waals surface area contributed by atoms with Crippen LogP contribution in [0.3, 0.4) is 0 Å². The molecule has 0 aliphatic heterocycles. The molecule has 0 saturated heterocycles. The van der Waals surface area contributed by atoms with E-state index in [-0.39, 0.29) is 18.5 Å². The predicted octanol–water partition coefficient (Wildman–Crippen LogP) is 6.35. The maximum atomic E-state index is 14.9. The maximum Gasteiger partial charge on any atom is 0.344 e. The Bertz CT molecular complexity index is 1130. The van der Waals surface area contributed by atoms with Crippen LogP contribution in [0.4, 0.5) is 20.2 Å². The summed E-state index contributed by atoms with van der Waals surface area (Å²) in [6.07, 6.45) is -0.240. The molecule has 0 N–H and O–H groups in total. The zero-order chi connectivity index (χ0) is 23.4. The van der Waals surface area contributed by atoms with Crippen LogP contribution < -0.4 is 9.64 Å². The summed E-state index contributed by atoms with van der Waals surface area (Å²) < 4.78 is 39.3. The lowest BCUT2D eigenvalue weighted by Gasteiger charge is -2.25. The van der Waals surface area contributed by atoms with Gasteiger partial charge >= 0.3 is 5.97 Å². The molecule has 3 aromatic carbocycles. The molecule has 4 nitrogen and oxygen atoms in total. The summed E-state index contributed by atoms with van der Waals surface area (Å²) in [7, 11) is 1.76. The predicted molar refractivity (Wildman–Crippen MR) is 122 cm³/mol. The number of ether oxygens (including phenoxy) is 2. The van der Waals surface area contributed by atoms with E-state index in [4.69, 9.17) is 9.47 Å². The molecule has 32 heavy (non-hydrogen) atoms. The van der Waals surface area contributed by atoms with Crippen LogP contribution in [0.25, 0.3) is 11.1 Å². The first-order valence-corrected chi connectivity index (χ1v) is 10.4. The van der Waals surface area contributed by atoms with Gasteiger partial charge in [0, 0.05) is 18.3 Å². The number of anilines is 2. The van der Waals surface area contributed by atoms with Crippen molar-refractivity contribution >= 4 is 17.3 Å². The Morgan fingerprint density at radius 3 is 2.44 bits per heavy atom. The highest BCUT2D eigenvalue weighted by Gasteiger charge is 2.18. The molecule has 0 spiro atoms. The Hall–Kier alpha value is -3.41. The number of benzene rings is 3. The first-order chi connectivity index (χ1) is 15.2. The maximum absolute atomic E-state index is 14.9. The van der Waals surface area contributed by atoms with Crippen molar-refractivity contribution in [3.8, 4) is 16.9 Å². The van der Waals surface area contributed by atoms with Gasteiger partial charge in [-0.15, -0.1) is 0 Å². The molecule has 0 unspecified atom stereocenters. The fourth-order valence-corrected chi connectivity index (χ4v) is 3.57. The van der Waals surface area contributed by atoms with Crippen molar-refractivity contribution in [2.45, 2.75) is 33.8 Å². The molecule has 3 aromatic rings. The summed E-state index contributed by atoms with van der Waals surface area (Å²) in [5.74, 6) is -0.832. The Labute approximate surface area is 187 Å². The Morgan fingerprint density at radius 2 is 1.75 bits per heavy atom. The molecule has 0 saturated carbocycles. The van der Waals surface area contributed by atoms with Crippen LogP contribution in [0.2, 0.25) is 0 Å². The highest BCUT2D eigenvalue weighted by molar-refractivity contribution is 5.76. The molecule has 0 heterocycles. The standard InChI is InChI=1S/C26H27F2NO3/c1-16(2)32-25(30)15-31-24-10-9-23(28)26(18(24)4)29(5)22-12-17(3)11-20(14-22)19-7-6-8-21(27)13-19/h6-14,16H,15H2,1-5H3. The number of rotatable bonds is 7. The second-order valence-corrected chi connectivity index (χ2v) is 7.97. The average molecular weight is 440 g/mol. The molecule has 0 atom stereocenters. The van der Waals surface area contributed by atoms with Gasteiger partial charge in [0.1, 0.15) is 17.4 Å². The van der Waals surface area contributed by atoms with E-state index in [1.807, 2.05) is 31.2 Å². The Balaban J connectivity index is 1.93.